The van der Waals surface area contributed by atoms with Gasteiger partial charge in [0.15, 0.2) is 4.21 Å². The Labute approximate surface area is 124 Å². The number of aromatic amines is 1. The van der Waals surface area contributed by atoms with Crippen molar-refractivity contribution >= 4 is 32.7 Å². The van der Waals surface area contributed by atoms with Crippen molar-refractivity contribution in [3.05, 3.63) is 37.8 Å². The van der Waals surface area contributed by atoms with E-state index in [1.807, 2.05) is 17.5 Å². The van der Waals surface area contributed by atoms with Crippen LogP contribution in [0, 0.1) is 6.92 Å². The van der Waals surface area contributed by atoms with Crippen LogP contribution in [0.1, 0.15) is 23.4 Å². The van der Waals surface area contributed by atoms with Crippen LogP contribution in [0.25, 0.3) is 0 Å². The van der Waals surface area contributed by atoms with Crippen LogP contribution in [0.5, 0.6) is 0 Å². The van der Waals surface area contributed by atoms with Crippen LogP contribution in [0.2, 0.25) is 0 Å². The van der Waals surface area contributed by atoms with E-state index in [1.54, 1.807) is 18.3 Å². The largest absolute Gasteiger partial charge is 0.315 e. The molecule has 2 heterocycles. The molecule has 20 heavy (non-hydrogen) atoms. The smallest absolute Gasteiger partial charge is 0.305 e. The molecule has 1 N–H and O–H groups in total. The monoisotopic (exact) mass is 330 g/mol. The van der Waals surface area contributed by atoms with Gasteiger partial charge in [-0.05, 0) is 31.2 Å². The molecule has 5 nitrogen and oxygen atoms in total. The lowest BCUT2D eigenvalue weighted by Gasteiger charge is -2.20. The Morgan fingerprint density at radius 2 is 2.20 bits per heavy atom. The number of sulfonamides is 1. The number of thiophene rings is 1. The zero-order valence-electron chi connectivity index (χ0n) is 10.8. The number of thiazole rings is 1. The fourth-order valence-corrected chi connectivity index (χ4v) is 5.93. The highest BCUT2D eigenvalue weighted by molar-refractivity contribution is 7.91. The van der Waals surface area contributed by atoms with Crippen molar-refractivity contribution in [2.45, 2.75) is 36.6 Å². The fourth-order valence-electron chi connectivity index (χ4n) is 2.07. The Kier molecular flexibility index (Phi) is 3.57. The Morgan fingerprint density at radius 1 is 1.45 bits per heavy atom. The van der Waals surface area contributed by atoms with Crippen molar-refractivity contribution < 1.29 is 8.42 Å². The van der Waals surface area contributed by atoms with Crippen molar-refractivity contribution in [3.63, 3.8) is 0 Å². The molecule has 0 spiro atoms. The molecule has 0 aliphatic heterocycles. The molecule has 3 rings (SSSR count). The number of aromatic nitrogens is 1. The van der Waals surface area contributed by atoms with Crippen LogP contribution in [-0.4, -0.2) is 23.7 Å². The minimum Gasteiger partial charge on any atom is -0.315 e. The zero-order valence-corrected chi connectivity index (χ0v) is 13.3. The van der Waals surface area contributed by atoms with Gasteiger partial charge in [0.25, 0.3) is 10.0 Å². The average Bonchev–Trinajstić information content (AvgIpc) is 2.96. The molecule has 8 heteroatoms. The lowest BCUT2D eigenvalue weighted by atomic mass is 10.4. The molecule has 1 saturated carbocycles. The summed E-state index contributed by atoms with van der Waals surface area (Å²) in [5.74, 6) is 0. The highest BCUT2D eigenvalue weighted by atomic mass is 32.2. The summed E-state index contributed by atoms with van der Waals surface area (Å²) in [6, 6.07) is 3.92. The molecule has 1 aliphatic rings. The summed E-state index contributed by atoms with van der Waals surface area (Å²) in [7, 11) is -3.60. The summed E-state index contributed by atoms with van der Waals surface area (Å²) >= 11 is 2.31. The molecule has 1 aliphatic carbocycles. The molecule has 0 atom stereocenters. The number of hydrogen-bond donors (Lipinski definition) is 1. The van der Waals surface area contributed by atoms with Gasteiger partial charge in [0.2, 0.25) is 0 Å². The third kappa shape index (κ3) is 2.60. The van der Waals surface area contributed by atoms with Crippen LogP contribution in [-0.2, 0) is 16.6 Å². The normalized spacial score (nSPS) is 15.9. The molecular formula is C12H14N2O3S3. The van der Waals surface area contributed by atoms with E-state index in [-0.39, 0.29) is 15.1 Å². The van der Waals surface area contributed by atoms with Gasteiger partial charge in [-0.25, -0.2) is 8.42 Å². The van der Waals surface area contributed by atoms with Crippen LogP contribution < -0.4 is 4.87 Å². The molecule has 108 valence electrons. The van der Waals surface area contributed by atoms with Crippen molar-refractivity contribution in [3.8, 4) is 0 Å². The second-order valence-electron chi connectivity index (χ2n) is 4.79. The van der Waals surface area contributed by atoms with Gasteiger partial charge < -0.3 is 4.98 Å². The molecule has 2 aromatic rings. The lowest BCUT2D eigenvalue weighted by Crippen LogP contribution is -2.32. The Balaban J connectivity index is 1.98. The van der Waals surface area contributed by atoms with Gasteiger partial charge in [0.05, 0.1) is 0 Å². The fraction of sp³-hybridized carbons (Fsp3) is 0.417. The quantitative estimate of drug-likeness (QED) is 0.913. The van der Waals surface area contributed by atoms with E-state index in [9.17, 15) is 13.2 Å². The first-order valence-corrected chi connectivity index (χ1v) is 9.36. The van der Waals surface area contributed by atoms with E-state index in [0.717, 1.165) is 29.1 Å². The summed E-state index contributed by atoms with van der Waals surface area (Å²) in [6.07, 6.45) is 1.78. The average molecular weight is 330 g/mol. The first-order chi connectivity index (χ1) is 9.48. The second-order valence-corrected chi connectivity index (χ2v) is 8.89. The van der Waals surface area contributed by atoms with E-state index in [0.29, 0.717) is 12.2 Å². The SMILES string of the molecule is Cc1[nH]c(=O)sc1S(=O)(=O)N(Cc1cccs1)C1CC1. The minimum atomic E-state index is -3.60. The standard InChI is InChI=1S/C12H14N2O3S3/c1-8-11(19-12(15)13-8)20(16,17)14(9-4-5-9)7-10-3-2-6-18-10/h2-3,6,9H,4-5,7H2,1H3,(H,13,15). The van der Waals surface area contributed by atoms with E-state index in [4.69, 9.17) is 0 Å². The highest BCUT2D eigenvalue weighted by Crippen LogP contribution is 2.35. The van der Waals surface area contributed by atoms with Crippen molar-refractivity contribution in [2.24, 2.45) is 0 Å². The Bertz CT molecular complexity index is 754. The first-order valence-electron chi connectivity index (χ1n) is 6.22. The van der Waals surface area contributed by atoms with Gasteiger partial charge in [-0.2, -0.15) is 4.31 Å². The molecule has 1 fully saturated rings. The third-order valence-corrected chi connectivity index (χ3v) is 7.51. The summed E-state index contributed by atoms with van der Waals surface area (Å²) in [6.45, 7) is 2.01. The maximum Gasteiger partial charge on any atom is 0.305 e. The first kappa shape index (κ1) is 14.0. The van der Waals surface area contributed by atoms with Crippen LogP contribution in [0.15, 0.2) is 26.5 Å². The van der Waals surface area contributed by atoms with Crippen molar-refractivity contribution in [1.29, 1.82) is 0 Å². The predicted molar refractivity (Wildman–Crippen MR) is 79.7 cm³/mol. The van der Waals surface area contributed by atoms with Crippen LogP contribution in [0.3, 0.4) is 0 Å². The van der Waals surface area contributed by atoms with Crippen LogP contribution >= 0.6 is 22.7 Å². The summed E-state index contributed by atoms with van der Waals surface area (Å²) in [5.41, 5.74) is 0.428. The van der Waals surface area contributed by atoms with Gasteiger partial charge in [0.1, 0.15) is 0 Å². The number of aryl methyl sites for hydroxylation is 1. The van der Waals surface area contributed by atoms with E-state index in [2.05, 4.69) is 4.98 Å². The number of hydrogen-bond acceptors (Lipinski definition) is 5. The Hall–Kier alpha value is -0.960. The lowest BCUT2D eigenvalue weighted by molar-refractivity contribution is 0.402. The number of nitrogens with one attached hydrogen (secondary N) is 1. The summed E-state index contributed by atoms with van der Waals surface area (Å²) in [5, 5.41) is 1.94. The number of rotatable bonds is 5. The summed E-state index contributed by atoms with van der Waals surface area (Å²) < 4.78 is 27.2. The minimum absolute atomic E-state index is 0.0682. The predicted octanol–water partition coefficient (Wildman–Crippen LogP) is 2.16. The molecule has 0 saturated heterocycles. The van der Waals surface area contributed by atoms with Gasteiger partial charge in [-0.1, -0.05) is 17.4 Å². The van der Waals surface area contributed by atoms with Gasteiger partial charge in [-0.15, -0.1) is 11.3 Å². The second kappa shape index (κ2) is 5.10. The van der Waals surface area contributed by atoms with E-state index in [1.165, 1.54) is 4.31 Å². The number of nitrogens with zero attached hydrogens (tertiary/aromatic N) is 1. The maximum atomic E-state index is 12.8. The molecule has 2 aromatic heterocycles. The Morgan fingerprint density at radius 3 is 2.70 bits per heavy atom. The highest BCUT2D eigenvalue weighted by Gasteiger charge is 2.39. The maximum absolute atomic E-state index is 12.8. The third-order valence-electron chi connectivity index (χ3n) is 3.17. The number of H-pyrrole nitrogens is 1. The van der Waals surface area contributed by atoms with Crippen molar-refractivity contribution in [1.82, 2.24) is 9.29 Å². The molecule has 0 radical (unpaired) electrons. The van der Waals surface area contributed by atoms with Gasteiger partial charge in [0, 0.05) is 23.2 Å². The van der Waals surface area contributed by atoms with Gasteiger partial charge >= 0.3 is 4.87 Å². The molecule has 0 amide bonds. The van der Waals surface area contributed by atoms with E-state index >= 15 is 0 Å². The van der Waals surface area contributed by atoms with E-state index < -0.39 is 10.0 Å². The molecule has 0 unspecified atom stereocenters. The molecule has 0 aromatic carbocycles. The molecular weight excluding hydrogens is 316 g/mol. The van der Waals surface area contributed by atoms with Crippen molar-refractivity contribution in [2.75, 3.05) is 0 Å². The molecule has 0 bridgehead atoms. The zero-order chi connectivity index (χ0) is 14.3. The van der Waals surface area contributed by atoms with Gasteiger partial charge in [-0.3, -0.25) is 4.79 Å². The topological polar surface area (TPSA) is 70.2 Å². The summed E-state index contributed by atoms with van der Waals surface area (Å²) in [4.78, 5) is 14.6. The van der Waals surface area contributed by atoms with Crippen LogP contribution in [0.4, 0.5) is 0 Å².